The number of benzene rings is 2. The van der Waals surface area contributed by atoms with E-state index in [1.165, 1.54) is 10.6 Å². The van der Waals surface area contributed by atoms with E-state index in [0.717, 1.165) is 44.9 Å². The molecule has 10 nitrogen and oxygen atoms in total. The number of nitrogens with zero attached hydrogens (tertiary/aromatic N) is 5. The number of rotatable bonds is 8. The van der Waals surface area contributed by atoms with Crippen molar-refractivity contribution >= 4 is 52.6 Å². The Morgan fingerprint density at radius 1 is 1.12 bits per heavy atom. The number of hydrogen-bond donors (Lipinski definition) is 0. The second-order valence-electron chi connectivity index (χ2n) is 9.60. The molecule has 13 heteroatoms. The van der Waals surface area contributed by atoms with E-state index in [1.807, 2.05) is 50.4 Å². The average molecular weight is 634 g/mol. The number of ether oxygens (including phenoxy) is 1. The summed E-state index contributed by atoms with van der Waals surface area (Å²) in [5, 5.41) is 12.4. The number of nitro groups is 1. The van der Waals surface area contributed by atoms with Gasteiger partial charge in [-0.05, 0) is 87.2 Å². The van der Waals surface area contributed by atoms with Crippen molar-refractivity contribution in [2.24, 2.45) is 4.99 Å². The van der Waals surface area contributed by atoms with Crippen molar-refractivity contribution in [2.75, 3.05) is 12.9 Å². The van der Waals surface area contributed by atoms with Crippen LogP contribution < -0.4 is 14.9 Å². The smallest absolute Gasteiger partial charge is 0.338 e. The van der Waals surface area contributed by atoms with E-state index in [4.69, 9.17) is 4.74 Å². The van der Waals surface area contributed by atoms with Crippen LogP contribution >= 0.6 is 34.9 Å². The van der Waals surface area contributed by atoms with Crippen LogP contribution in [0.2, 0.25) is 0 Å². The molecular formula is C30H27N5O5S3. The zero-order valence-corrected chi connectivity index (χ0v) is 26.4. The molecule has 1 atom stereocenters. The summed E-state index contributed by atoms with van der Waals surface area (Å²) < 4.78 is 7.18. The summed E-state index contributed by atoms with van der Waals surface area (Å²) in [5.41, 5.74) is 3.04. The summed E-state index contributed by atoms with van der Waals surface area (Å²) in [5.74, 6) is -0.534. The third kappa shape index (κ3) is 6.33. The lowest BCUT2D eigenvalue weighted by Crippen LogP contribution is -2.39. The summed E-state index contributed by atoms with van der Waals surface area (Å²) in [6.07, 6.45) is 3.58. The van der Waals surface area contributed by atoms with Gasteiger partial charge in [0.2, 0.25) is 0 Å². The van der Waals surface area contributed by atoms with Crippen LogP contribution in [0.3, 0.4) is 0 Å². The second-order valence-corrected chi connectivity index (χ2v) is 12.5. The predicted molar refractivity (Wildman–Crippen MR) is 167 cm³/mol. The molecule has 220 valence electrons. The first kappa shape index (κ1) is 30.4. The van der Waals surface area contributed by atoms with Gasteiger partial charge < -0.3 is 4.74 Å². The molecule has 5 rings (SSSR count). The maximum Gasteiger partial charge on any atom is 0.338 e. The fourth-order valence-electron chi connectivity index (χ4n) is 4.74. The Balaban J connectivity index is 1.61. The summed E-state index contributed by atoms with van der Waals surface area (Å²) >= 11 is 3.86. The van der Waals surface area contributed by atoms with Crippen LogP contribution in [0.15, 0.2) is 84.5 Å². The van der Waals surface area contributed by atoms with Crippen molar-refractivity contribution in [3.05, 3.63) is 112 Å². The van der Waals surface area contributed by atoms with Crippen LogP contribution in [-0.2, 0) is 9.53 Å². The maximum atomic E-state index is 13.9. The van der Waals surface area contributed by atoms with Gasteiger partial charge in [0.1, 0.15) is 0 Å². The van der Waals surface area contributed by atoms with Crippen LogP contribution in [0, 0.1) is 24.0 Å². The number of esters is 1. The first-order chi connectivity index (χ1) is 20.6. The number of aryl methyl sites for hydroxylation is 2. The highest BCUT2D eigenvalue weighted by Gasteiger charge is 2.33. The van der Waals surface area contributed by atoms with Crippen LogP contribution in [0.5, 0.6) is 0 Å². The summed E-state index contributed by atoms with van der Waals surface area (Å²) in [6.45, 7) is 7.32. The molecule has 0 saturated heterocycles. The number of thioether (sulfide) groups is 1. The van der Waals surface area contributed by atoms with Gasteiger partial charge in [-0.2, -0.15) is 0 Å². The first-order valence-electron chi connectivity index (χ1n) is 13.2. The number of aromatic nitrogens is 3. The van der Waals surface area contributed by atoms with Crippen LogP contribution in [-0.4, -0.2) is 38.3 Å². The molecule has 0 fully saturated rings. The Kier molecular flexibility index (Phi) is 8.95. The maximum absolute atomic E-state index is 13.9. The minimum absolute atomic E-state index is 0.124. The van der Waals surface area contributed by atoms with Crippen molar-refractivity contribution < 1.29 is 14.5 Å². The van der Waals surface area contributed by atoms with Gasteiger partial charge >= 0.3 is 5.97 Å². The molecule has 3 heterocycles. The van der Waals surface area contributed by atoms with Gasteiger partial charge in [0.25, 0.3) is 11.2 Å². The zero-order valence-electron chi connectivity index (χ0n) is 24.0. The van der Waals surface area contributed by atoms with Gasteiger partial charge in [-0.1, -0.05) is 29.5 Å². The van der Waals surface area contributed by atoms with Crippen LogP contribution in [0.4, 0.5) is 5.69 Å². The van der Waals surface area contributed by atoms with Gasteiger partial charge in [0.05, 0.1) is 38.3 Å². The largest absolute Gasteiger partial charge is 0.463 e. The third-order valence-corrected chi connectivity index (χ3v) is 9.25. The molecule has 43 heavy (non-hydrogen) atoms. The van der Waals surface area contributed by atoms with Crippen LogP contribution in [0.1, 0.15) is 42.4 Å². The number of nitro benzene ring substituents is 1. The van der Waals surface area contributed by atoms with Crippen molar-refractivity contribution in [1.29, 1.82) is 0 Å². The standard InChI is InChI=1S/C30H27N5O5S3/c1-6-40-28(37)25-18(4)33-30-34(26(25)20-8-10-21(41-5)11-9-20)27(36)24(43-30)15-19-7-12-23(22(14-19)35(38)39)42-29-31-16(2)13-17(3)32-29/h7-15,26H,6H2,1-5H3/b24-15+/t26-/m1/s1. The quantitative estimate of drug-likeness (QED) is 0.0867. The van der Waals surface area contributed by atoms with E-state index in [0.29, 0.717) is 36.2 Å². The zero-order chi connectivity index (χ0) is 30.8. The van der Waals surface area contributed by atoms with Gasteiger partial charge in [-0.15, -0.1) is 11.8 Å². The number of allylic oxidation sites excluding steroid dienone is 1. The average Bonchev–Trinajstić information content (AvgIpc) is 3.26. The molecule has 0 unspecified atom stereocenters. The number of thiazole rings is 1. The van der Waals surface area contributed by atoms with Crippen molar-refractivity contribution in [1.82, 2.24) is 14.5 Å². The van der Waals surface area contributed by atoms with Gasteiger partial charge in [0, 0.05) is 22.3 Å². The molecule has 0 radical (unpaired) electrons. The third-order valence-electron chi connectivity index (χ3n) is 6.59. The summed E-state index contributed by atoms with van der Waals surface area (Å²) in [6, 6.07) is 13.5. The normalized spacial score (nSPS) is 14.8. The van der Waals surface area contributed by atoms with E-state index in [2.05, 4.69) is 15.0 Å². The lowest BCUT2D eigenvalue weighted by Gasteiger charge is -2.24. The molecule has 2 aromatic heterocycles. The van der Waals surface area contributed by atoms with E-state index < -0.39 is 16.9 Å². The summed E-state index contributed by atoms with van der Waals surface area (Å²) in [4.78, 5) is 53.8. The lowest BCUT2D eigenvalue weighted by molar-refractivity contribution is -0.387. The fourth-order valence-corrected chi connectivity index (χ4v) is 7.14. The molecule has 2 aromatic carbocycles. The molecule has 1 aliphatic rings. The van der Waals surface area contributed by atoms with E-state index in [1.54, 1.807) is 43.8 Å². The molecule has 4 aromatic rings. The Morgan fingerprint density at radius 2 is 1.81 bits per heavy atom. The van der Waals surface area contributed by atoms with Gasteiger partial charge in [0.15, 0.2) is 9.96 Å². The van der Waals surface area contributed by atoms with E-state index >= 15 is 0 Å². The van der Waals surface area contributed by atoms with Crippen molar-refractivity contribution in [3.63, 3.8) is 0 Å². The number of hydrogen-bond acceptors (Lipinski definition) is 11. The molecule has 0 bridgehead atoms. The SMILES string of the molecule is CCOC(=O)C1=C(C)N=c2s/c(=C/c3ccc(Sc4nc(C)cc(C)n4)c([N+](=O)[O-])c3)c(=O)n2[C@@H]1c1ccc(SC)cc1. The monoisotopic (exact) mass is 633 g/mol. The predicted octanol–water partition coefficient (Wildman–Crippen LogP) is 4.99. The second kappa shape index (κ2) is 12.7. The Hall–Kier alpha value is -4.07. The molecule has 0 amide bonds. The van der Waals surface area contributed by atoms with Crippen molar-refractivity contribution in [3.8, 4) is 0 Å². The highest BCUT2D eigenvalue weighted by molar-refractivity contribution is 7.99. The number of carbonyl (C=O) groups excluding carboxylic acids is 1. The van der Waals surface area contributed by atoms with Gasteiger partial charge in [-0.25, -0.2) is 19.8 Å². The first-order valence-corrected chi connectivity index (χ1v) is 16.1. The fraction of sp³-hybridized carbons (Fsp3) is 0.233. The minimum Gasteiger partial charge on any atom is -0.463 e. The highest BCUT2D eigenvalue weighted by atomic mass is 32.2. The van der Waals surface area contributed by atoms with E-state index in [-0.39, 0.29) is 17.9 Å². The van der Waals surface area contributed by atoms with Crippen molar-refractivity contribution in [2.45, 2.75) is 48.7 Å². The van der Waals surface area contributed by atoms with Gasteiger partial charge in [-0.3, -0.25) is 19.5 Å². The Bertz CT molecular complexity index is 1940. The molecule has 0 spiro atoms. The molecule has 0 saturated carbocycles. The molecule has 1 aliphatic heterocycles. The van der Waals surface area contributed by atoms with E-state index in [9.17, 15) is 19.7 Å². The van der Waals surface area contributed by atoms with Crippen LogP contribution in [0.25, 0.3) is 6.08 Å². The highest BCUT2D eigenvalue weighted by Crippen LogP contribution is 2.34. The Morgan fingerprint density at radius 3 is 2.44 bits per heavy atom. The number of fused-ring (bicyclic) bond motifs is 1. The molecule has 0 aliphatic carbocycles. The topological polar surface area (TPSA) is 130 Å². The minimum atomic E-state index is -0.737. The Labute approximate surface area is 259 Å². The molecular weight excluding hydrogens is 607 g/mol. The lowest BCUT2D eigenvalue weighted by atomic mass is 9.96. The number of carbonyl (C=O) groups is 1. The molecule has 0 N–H and O–H groups in total. The summed E-state index contributed by atoms with van der Waals surface area (Å²) in [7, 11) is 0.